The molecule has 4 heteroatoms. The number of hydrogen-bond acceptors (Lipinski definition) is 4. The predicted molar refractivity (Wildman–Crippen MR) is 142 cm³/mol. The summed E-state index contributed by atoms with van der Waals surface area (Å²) >= 11 is 0. The van der Waals surface area contributed by atoms with Crippen molar-refractivity contribution in [3.05, 3.63) is 46.1 Å². The lowest BCUT2D eigenvalue weighted by Crippen LogP contribution is -2.03. The molecule has 0 saturated carbocycles. The van der Waals surface area contributed by atoms with Gasteiger partial charge in [-0.15, -0.1) is 0 Å². The second-order valence-corrected chi connectivity index (χ2v) is 9.46. The summed E-state index contributed by atoms with van der Waals surface area (Å²) in [5.41, 5.74) is 2.34. The molecule has 0 radical (unpaired) electrons. The van der Waals surface area contributed by atoms with Gasteiger partial charge in [-0.2, -0.15) is 0 Å². The van der Waals surface area contributed by atoms with Crippen LogP contribution in [0.2, 0.25) is 0 Å². The summed E-state index contributed by atoms with van der Waals surface area (Å²) in [6.45, 7) is 2.28. The van der Waals surface area contributed by atoms with Crippen molar-refractivity contribution < 1.29 is 13.9 Å². The summed E-state index contributed by atoms with van der Waals surface area (Å²) in [7, 11) is 3.14. The minimum absolute atomic E-state index is 0.0373. The van der Waals surface area contributed by atoms with Crippen LogP contribution in [0.4, 0.5) is 0 Å². The highest BCUT2D eigenvalue weighted by Gasteiger charge is 2.13. The highest BCUT2D eigenvalue weighted by Crippen LogP contribution is 2.32. The number of ether oxygens (including phenoxy) is 2. The molecule has 3 rings (SSSR count). The number of fused-ring (bicyclic) bond motifs is 2. The van der Waals surface area contributed by atoms with Crippen LogP contribution in [0.1, 0.15) is 96.0 Å². The number of unbranched alkanes of at least 4 members (excludes halogenated alkanes) is 12. The minimum atomic E-state index is -0.0373. The van der Waals surface area contributed by atoms with E-state index in [1.54, 1.807) is 26.4 Å². The first-order valence-electron chi connectivity index (χ1n) is 13.3. The van der Waals surface area contributed by atoms with Crippen molar-refractivity contribution >= 4 is 21.9 Å². The van der Waals surface area contributed by atoms with Crippen molar-refractivity contribution in [2.45, 2.75) is 96.8 Å². The molecule has 0 aliphatic rings. The molecule has 0 aliphatic carbocycles. The van der Waals surface area contributed by atoms with Crippen LogP contribution < -0.4 is 14.9 Å². The van der Waals surface area contributed by atoms with E-state index in [2.05, 4.69) is 13.0 Å². The van der Waals surface area contributed by atoms with Crippen LogP contribution in [-0.2, 0) is 6.42 Å². The largest absolute Gasteiger partial charge is 0.493 e. The molecule has 0 unspecified atom stereocenters. The van der Waals surface area contributed by atoms with Gasteiger partial charge >= 0.3 is 0 Å². The molecule has 0 atom stereocenters. The van der Waals surface area contributed by atoms with Gasteiger partial charge in [-0.3, -0.25) is 4.79 Å². The smallest absolute Gasteiger partial charge is 0.200 e. The number of benzene rings is 2. The Bertz CT molecular complexity index is 1080. The lowest BCUT2D eigenvalue weighted by molar-refractivity contribution is 0.355. The summed E-state index contributed by atoms with van der Waals surface area (Å²) in [6, 6.07) is 9.41. The van der Waals surface area contributed by atoms with E-state index >= 15 is 0 Å². The molecule has 0 amide bonds. The van der Waals surface area contributed by atoms with E-state index in [1.807, 2.05) is 12.1 Å². The standard InChI is InChI=1S/C30H42O4/c1-4-5-6-7-8-9-10-11-12-13-14-15-16-17-23-18-19-24-26(20-23)34-27-22-29(33-3)28(32-2)21-25(27)30(24)31/h18-22H,4-17H2,1-3H3. The van der Waals surface area contributed by atoms with Crippen LogP contribution >= 0.6 is 0 Å². The second-order valence-electron chi connectivity index (χ2n) is 9.46. The van der Waals surface area contributed by atoms with Gasteiger partial charge in [-0.25, -0.2) is 0 Å². The molecule has 2 aromatic carbocycles. The third kappa shape index (κ3) is 7.25. The molecular weight excluding hydrogens is 424 g/mol. The maximum atomic E-state index is 13.0. The molecule has 0 bridgehead atoms. The highest BCUT2D eigenvalue weighted by atomic mass is 16.5. The summed E-state index contributed by atoms with van der Waals surface area (Å²) in [4.78, 5) is 13.0. The van der Waals surface area contributed by atoms with Crippen molar-refractivity contribution in [1.29, 1.82) is 0 Å². The first kappa shape index (κ1) is 26.1. The Labute approximate surface area is 204 Å². The summed E-state index contributed by atoms with van der Waals surface area (Å²) in [5, 5.41) is 1.11. The summed E-state index contributed by atoms with van der Waals surface area (Å²) < 4.78 is 16.8. The normalized spacial score (nSPS) is 11.4. The SMILES string of the molecule is CCCCCCCCCCCCCCCc1ccc2c(=O)c3cc(OC)c(OC)cc3oc2c1. The summed E-state index contributed by atoms with van der Waals surface area (Å²) in [5.74, 6) is 1.08. The van der Waals surface area contributed by atoms with Crippen molar-refractivity contribution in [1.82, 2.24) is 0 Å². The molecule has 0 aliphatic heterocycles. The number of hydrogen-bond donors (Lipinski definition) is 0. The average molecular weight is 467 g/mol. The molecule has 0 saturated heterocycles. The van der Waals surface area contributed by atoms with Gasteiger partial charge in [0.15, 0.2) is 11.5 Å². The Morgan fingerprint density at radius 2 is 1.18 bits per heavy atom. The van der Waals surface area contributed by atoms with Gasteiger partial charge in [-0.05, 0) is 36.6 Å². The van der Waals surface area contributed by atoms with E-state index in [0.717, 1.165) is 6.42 Å². The number of methoxy groups -OCH3 is 2. The van der Waals surface area contributed by atoms with Crippen molar-refractivity contribution in [2.75, 3.05) is 14.2 Å². The number of rotatable bonds is 16. The van der Waals surface area contributed by atoms with Crippen LogP contribution in [0.15, 0.2) is 39.5 Å². The predicted octanol–water partition coefficient (Wildman–Crippen LogP) is 8.60. The quantitative estimate of drug-likeness (QED) is 0.157. The summed E-state index contributed by atoms with van der Waals surface area (Å²) in [6.07, 6.45) is 18.7. The van der Waals surface area contributed by atoms with Crippen molar-refractivity contribution in [2.24, 2.45) is 0 Å². The average Bonchev–Trinajstić information content (AvgIpc) is 2.86. The second kappa shape index (κ2) is 14.0. The van der Waals surface area contributed by atoms with E-state index in [0.29, 0.717) is 33.4 Å². The highest BCUT2D eigenvalue weighted by molar-refractivity contribution is 5.91. The molecular formula is C30H42O4. The lowest BCUT2D eigenvalue weighted by Gasteiger charge is -2.09. The maximum absolute atomic E-state index is 13.0. The maximum Gasteiger partial charge on any atom is 0.200 e. The van der Waals surface area contributed by atoms with Crippen molar-refractivity contribution in [3.63, 3.8) is 0 Å². The van der Waals surface area contributed by atoms with E-state index in [4.69, 9.17) is 13.9 Å². The van der Waals surface area contributed by atoms with E-state index in [1.165, 1.54) is 89.0 Å². The van der Waals surface area contributed by atoms with Crippen LogP contribution in [0.5, 0.6) is 11.5 Å². The fraction of sp³-hybridized carbons (Fsp3) is 0.567. The van der Waals surface area contributed by atoms with Crippen LogP contribution in [-0.4, -0.2) is 14.2 Å². The molecule has 0 N–H and O–H groups in total. The molecule has 4 nitrogen and oxygen atoms in total. The van der Waals surface area contributed by atoms with Gasteiger partial charge in [0.2, 0.25) is 5.43 Å². The Balaban J connectivity index is 1.44. The van der Waals surface area contributed by atoms with Gasteiger partial charge in [0.25, 0.3) is 0 Å². The van der Waals surface area contributed by atoms with Crippen LogP contribution in [0.3, 0.4) is 0 Å². The van der Waals surface area contributed by atoms with Crippen molar-refractivity contribution in [3.8, 4) is 11.5 Å². The van der Waals surface area contributed by atoms with Gasteiger partial charge in [-0.1, -0.05) is 90.0 Å². The van der Waals surface area contributed by atoms with Gasteiger partial charge in [0.1, 0.15) is 11.2 Å². The zero-order valence-corrected chi connectivity index (χ0v) is 21.4. The fourth-order valence-corrected chi connectivity index (χ4v) is 4.73. The third-order valence-electron chi connectivity index (χ3n) is 6.81. The van der Waals surface area contributed by atoms with Gasteiger partial charge in [0.05, 0.1) is 25.0 Å². The fourth-order valence-electron chi connectivity index (χ4n) is 4.73. The first-order valence-corrected chi connectivity index (χ1v) is 13.3. The molecule has 186 valence electrons. The number of aryl methyl sites for hydroxylation is 1. The van der Waals surface area contributed by atoms with Gasteiger partial charge in [0, 0.05) is 6.07 Å². The van der Waals surface area contributed by atoms with E-state index in [-0.39, 0.29) is 5.43 Å². The first-order chi connectivity index (χ1) is 16.7. The molecule has 0 spiro atoms. The van der Waals surface area contributed by atoms with Crippen LogP contribution in [0.25, 0.3) is 21.9 Å². The molecule has 3 aromatic rings. The van der Waals surface area contributed by atoms with E-state index in [9.17, 15) is 4.79 Å². The Morgan fingerprint density at radius 1 is 0.647 bits per heavy atom. The molecule has 1 aromatic heterocycles. The van der Waals surface area contributed by atoms with Gasteiger partial charge < -0.3 is 13.9 Å². The molecule has 1 heterocycles. The Hall–Kier alpha value is -2.49. The van der Waals surface area contributed by atoms with E-state index < -0.39 is 0 Å². The van der Waals surface area contributed by atoms with Crippen LogP contribution in [0, 0.1) is 0 Å². The monoisotopic (exact) mass is 466 g/mol. The molecule has 34 heavy (non-hydrogen) atoms. The molecule has 0 fully saturated rings. The zero-order chi connectivity index (χ0) is 24.2. The topological polar surface area (TPSA) is 48.7 Å². The minimum Gasteiger partial charge on any atom is -0.493 e. The Kier molecular flexibility index (Phi) is 10.8. The zero-order valence-electron chi connectivity index (χ0n) is 21.4. The Morgan fingerprint density at radius 3 is 1.76 bits per heavy atom. The third-order valence-corrected chi connectivity index (χ3v) is 6.81. The lowest BCUT2D eigenvalue weighted by atomic mass is 10.0.